The van der Waals surface area contributed by atoms with Crippen LogP contribution in [0.15, 0.2) is 24.3 Å². The second-order valence-corrected chi connectivity index (χ2v) is 5.06. The van der Waals surface area contributed by atoms with Gasteiger partial charge in [0, 0.05) is 18.5 Å². The molecule has 1 aliphatic rings. The number of amides is 1. The van der Waals surface area contributed by atoms with Gasteiger partial charge >= 0.3 is 0 Å². The van der Waals surface area contributed by atoms with Crippen LogP contribution in [0, 0.1) is 6.92 Å². The topological polar surface area (TPSA) is 37.4 Å². The molecule has 0 bridgehead atoms. The minimum atomic E-state index is -0.665. The van der Waals surface area contributed by atoms with Gasteiger partial charge in [0.25, 0.3) is 5.91 Å². The van der Waals surface area contributed by atoms with E-state index in [1.165, 1.54) is 0 Å². The van der Waals surface area contributed by atoms with Gasteiger partial charge in [-0.15, -0.1) is 0 Å². The van der Waals surface area contributed by atoms with Gasteiger partial charge in [-0.25, -0.2) is 0 Å². The first-order chi connectivity index (χ1) is 7.93. The average molecular weight is 231 g/mol. The van der Waals surface area contributed by atoms with Gasteiger partial charge in [-0.05, 0) is 32.9 Å². The van der Waals surface area contributed by atoms with Crippen LogP contribution in [0.5, 0.6) is 0 Å². The number of carbonyl (C=O) groups excluding carboxylic acids is 2. The maximum absolute atomic E-state index is 12.3. The maximum Gasteiger partial charge on any atom is 0.254 e. The van der Waals surface area contributed by atoms with E-state index in [0.29, 0.717) is 18.5 Å². The second-order valence-electron chi connectivity index (χ2n) is 5.06. The minimum Gasteiger partial charge on any atom is -0.326 e. The molecule has 0 radical (unpaired) electrons. The fraction of sp³-hybridized carbons (Fsp3) is 0.429. The Kier molecular flexibility index (Phi) is 2.77. The van der Waals surface area contributed by atoms with Crippen LogP contribution >= 0.6 is 0 Å². The lowest BCUT2D eigenvalue weighted by Crippen LogP contribution is -2.46. The molecule has 90 valence electrons. The van der Waals surface area contributed by atoms with Crippen LogP contribution in [0.4, 0.5) is 0 Å². The van der Waals surface area contributed by atoms with Crippen LogP contribution in [-0.2, 0) is 4.79 Å². The van der Waals surface area contributed by atoms with E-state index in [-0.39, 0.29) is 11.7 Å². The van der Waals surface area contributed by atoms with Crippen molar-refractivity contribution in [1.82, 2.24) is 4.90 Å². The van der Waals surface area contributed by atoms with Crippen LogP contribution in [0.25, 0.3) is 0 Å². The smallest absolute Gasteiger partial charge is 0.254 e. The SMILES string of the molecule is Cc1ccc(C(=O)N2CCC(=O)C2(C)C)cc1. The van der Waals surface area contributed by atoms with Gasteiger partial charge in [0.2, 0.25) is 0 Å². The normalized spacial score (nSPS) is 18.5. The van der Waals surface area contributed by atoms with E-state index in [9.17, 15) is 9.59 Å². The summed E-state index contributed by atoms with van der Waals surface area (Å²) >= 11 is 0. The minimum absolute atomic E-state index is 0.0548. The van der Waals surface area contributed by atoms with Crippen molar-refractivity contribution in [1.29, 1.82) is 0 Å². The summed E-state index contributed by atoms with van der Waals surface area (Å²) in [6.45, 7) is 6.14. The Labute approximate surface area is 101 Å². The maximum atomic E-state index is 12.3. The summed E-state index contributed by atoms with van der Waals surface area (Å²) in [6, 6.07) is 7.46. The molecule has 1 aromatic rings. The van der Waals surface area contributed by atoms with Crippen molar-refractivity contribution >= 4 is 11.7 Å². The van der Waals surface area contributed by atoms with Gasteiger partial charge in [0.05, 0.1) is 5.54 Å². The molecule has 1 amide bonds. The summed E-state index contributed by atoms with van der Waals surface area (Å²) in [5.74, 6) is 0.0822. The highest BCUT2D eigenvalue weighted by atomic mass is 16.2. The average Bonchev–Trinajstić information content (AvgIpc) is 2.54. The second kappa shape index (κ2) is 3.99. The molecule has 2 rings (SSSR count). The van der Waals surface area contributed by atoms with Crippen molar-refractivity contribution in [2.24, 2.45) is 0 Å². The highest BCUT2D eigenvalue weighted by Gasteiger charge is 2.42. The zero-order valence-electron chi connectivity index (χ0n) is 10.5. The van der Waals surface area contributed by atoms with Crippen molar-refractivity contribution < 1.29 is 9.59 Å². The molecule has 1 aromatic carbocycles. The Bertz CT molecular complexity index is 460. The first-order valence-electron chi connectivity index (χ1n) is 5.85. The summed E-state index contributed by atoms with van der Waals surface area (Å²) < 4.78 is 0. The molecule has 0 aromatic heterocycles. The Hall–Kier alpha value is -1.64. The van der Waals surface area contributed by atoms with E-state index >= 15 is 0 Å². The molecule has 1 saturated heterocycles. The quantitative estimate of drug-likeness (QED) is 0.743. The van der Waals surface area contributed by atoms with E-state index in [4.69, 9.17) is 0 Å². The Morgan fingerprint density at radius 3 is 2.29 bits per heavy atom. The third-order valence-corrected chi connectivity index (χ3v) is 3.46. The first-order valence-corrected chi connectivity index (χ1v) is 5.85. The molecule has 0 saturated carbocycles. The molecule has 0 atom stereocenters. The lowest BCUT2D eigenvalue weighted by molar-refractivity contribution is -0.123. The molecule has 17 heavy (non-hydrogen) atoms. The van der Waals surface area contributed by atoms with Crippen LogP contribution in [-0.4, -0.2) is 28.7 Å². The molecule has 1 aliphatic heterocycles. The lowest BCUT2D eigenvalue weighted by Gasteiger charge is -2.30. The number of benzene rings is 1. The van der Waals surface area contributed by atoms with E-state index in [2.05, 4.69) is 0 Å². The number of ketones is 1. The summed E-state index contributed by atoms with van der Waals surface area (Å²) in [4.78, 5) is 25.7. The van der Waals surface area contributed by atoms with Crippen LogP contribution in [0.3, 0.4) is 0 Å². The van der Waals surface area contributed by atoms with E-state index in [0.717, 1.165) is 5.56 Å². The van der Waals surface area contributed by atoms with Crippen molar-refractivity contribution in [2.45, 2.75) is 32.7 Å². The molecular weight excluding hydrogens is 214 g/mol. The third kappa shape index (κ3) is 1.97. The van der Waals surface area contributed by atoms with Crippen LogP contribution in [0.1, 0.15) is 36.2 Å². The molecule has 3 nitrogen and oxygen atoms in total. The highest BCUT2D eigenvalue weighted by Crippen LogP contribution is 2.26. The van der Waals surface area contributed by atoms with Gasteiger partial charge in [-0.1, -0.05) is 17.7 Å². The number of aryl methyl sites for hydroxylation is 1. The molecule has 0 N–H and O–H groups in total. The van der Waals surface area contributed by atoms with E-state index < -0.39 is 5.54 Å². The number of carbonyl (C=O) groups is 2. The molecule has 0 unspecified atom stereocenters. The fourth-order valence-electron chi connectivity index (χ4n) is 2.16. The van der Waals surface area contributed by atoms with Crippen molar-refractivity contribution in [3.63, 3.8) is 0 Å². The highest BCUT2D eigenvalue weighted by molar-refractivity contribution is 6.01. The molecular formula is C14H17NO2. The Morgan fingerprint density at radius 1 is 1.24 bits per heavy atom. The first kappa shape index (κ1) is 11.8. The van der Waals surface area contributed by atoms with Crippen molar-refractivity contribution in [3.8, 4) is 0 Å². The van der Waals surface area contributed by atoms with Gasteiger partial charge in [-0.3, -0.25) is 9.59 Å². The van der Waals surface area contributed by atoms with Gasteiger partial charge in [0.15, 0.2) is 5.78 Å². The third-order valence-electron chi connectivity index (χ3n) is 3.46. The molecule has 0 aliphatic carbocycles. The van der Waals surface area contributed by atoms with Crippen LogP contribution < -0.4 is 0 Å². The fourth-order valence-corrected chi connectivity index (χ4v) is 2.16. The van der Waals surface area contributed by atoms with Gasteiger partial charge in [-0.2, -0.15) is 0 Å². The standard InChI is InChI=1S/C14H17NO2/c1-10-4-6-11(7-5-10)13(17)15-9-8-12(16)14(15,2)3/h4-7H,8-9H2,1-3H3. The molecule has 0 spiro atoms. The Balaban J connectivity index is 2.27. The van der Waals surface area contributed by atoms with Crippen molar-refractivity contribution in [3.05, 3.63) is 35.4 Å². The van der Waals surface area contributed by atoms with Crippen molar-refractivity contribution in [2.75, 3.05) is 6.54 Å². The number of hydrogen-bond donors (Lipinski definition) is 0. The van der Waals surface area contributed by atoms with Crippen LogP contribution in [0.2, 0.25) is 0 Å². The summed E-state index contributed by atoms with van der Waals surface area (Å²) in [5.41, 5.74) is 1.11. The zero-order valence-corrected chi connectivity index (χ0v) is 10.5. The summed E-state index contributed by atoms with van der Waals surface area (Å²) in [6.07, 6.45) is 0.463. The molecule has 3 heteroatoms. The summed E-state index contributed by atoms with van der Waals surface area (Å²) in [7, 11) is 0. The predicted octanol–water partition coefficient (Wildman–Crippen LogP) is 2.19. The largest absolute Gasteiger partial charge is 0.326 e. The lowest BCUT2D eigenvalue weighted by atomic mass is 9.99. The van der Waals surface area contributed by atoms with Gasteiger partial charge in [0.1, 0.15) is 0 Å². The van der Waals surface area contributed by atoms with E-state index in [1.807, 2.05) is 45.0 Å². The predicted molar refractivity (Wildman–Crippen MR) is 65.9 cm³/mol. The number of Topliss-reactive ketones (excluding diaryl/α,β-unsaturated/α-hetero) is 1. The zero-order chi connectivity index (χ0) is 12.6. The number of hydrogen-bond acceptors (Lipinski definition) is 2. The monoisotopic (exact) mass is 231 g/mol. The Morgan fingerprint density at radius 2 is 1.82 bits per heavy atom. The number of nitrogens with zero attached hydrogens (tertiary/aromatic N) is 1. The molecule has 1 fully saturated rings. The summed E-state index contributed by atoms with van der Waals surface area (Å²) in [5, 5.41) is 0. The molecule has 1 heterocycles. The number of rotatable bonds is 1. The van der Waals surface area contributed by atoms with E-state index in [1.54, 1.807) is 4.90 Å². The van der Waals surface area contributed by atoms with Gasteiger partial charge < -0.3 is 4.90 Å². The number of likely N-dealkylation sites (tertiary alicyclic amines) is 1.